The number of aryl methyl sites for hydroxylation is 2. The fourth-order valence-electron chi connectivity index (χ4n) is 4.45. The number of fused-ring (bicyclic) bond motifs is 1. The number of ether oxygens (including phenoxy) is 1. The standard InChI is InChI=1S/C25H22N2O6/c1-14-6-4-5-7-18(14)27-21(19-13-8-15(2)32-19)20-22(33-27)24(29)26(23(20)28)17-11-9-16(10-12-17)25(30)31-3/h4-13,20-22H,1-3H3/t20-,21-,22+/m0/s1. The molecule has 0 saturated carbocycles. The first-order valence-electron chi connectivity index (χ1n) is 10.5. The van der Waals surface area contributed by atoms with E-state index < -0.39 is 29.9 Å². The van der Waals surface area contributed by atoms with E-state index in [0.29, 0.717) is 22.8 Å². The van der Waals surface area contributed by atoms with E-state index in [1.807, 2.05) is 50.2 Å². The molecule has 5 rings (SSSR count). The van der Waals surface area contributed by atoms with Gasteiger partial charge in [0.15, 0.2) is 6.10 Å². The maximum absolute atomic E-state index is 13.6. The van der Waals surface area contributed by atoms with E-state index >= 15 is 0 Å². The lowest BCUT2D eigenvalue weighted by Crippen LogP contribution is -2.37. The molecule has 8 heteroatoms. The van der Waals surface area contributed by atoms with Crippen LogP contribution < -0.4 is 9.96 Å². The summed E-state index contributed by atoms with van der Waals surface area (Å²) < 4.78 is 10.6. The van der Waals surface area contributed by atoms with Crippen molar-refractivity contribution in [2.45, 2.75) is 26.0 Å². The van der Waals surface area contributed by atoms with E-state index in [0.717, 1.165) is 16.2 Å². The number of para-hydroxylation sites is 1. The Morgan fingerprint density at radius 1 is 0.939 bits per heavy atom. The number of rotatable bonds is 4. The molecule has 2 aliphatic heterocycles. The van der Waals surface area contributed by atoms with Crippen LogP contribution in [0.5, 0.6) is 0 Å². The van der Waals surface area contributed by atoms with E-state index in [4.69, 9.17) is 14.0 Å². The number of imide groups is 1. The maximum Gasteiger partial charge on any atom is 0.337 e. The Balaban J connectivity index is 1.53. The highest BCUT2D eigenvalue weighted by molar-refractivity contribution is 6.24. The second-order valence-corrected chi connectivity index (χ2v) is 8.11. The minimum absolute atomic E-state index is 0.325. The Bertz CT molecular complexity index is 1250. The van der Waals surface area contributed by atoms with E-state index in [-0.39, 0.29) is 5.91 Å². The monoisotopic (exact) mass is 446 g/mol. The van der Waals surface area contributed by atoms with Crippen molar-refractivity contribution in [3.8, 4) is 0 Å². The number of esters is 1. The largest absolute Gasteiger partial charge is 0.465 e. The van der Waals surface area contributed by atoms with Crippen LogP contribution in [-0.2, 0) is 19.2 Å². The molecule has 0 unspecified atom stereocenters. The van der Waals surface area contributed by atoms with Crippen LogP contribution in [0.3, 0.4) is 0 Å². The number of carbonyl (C=O) groups excluding carboxylic acids is 3. The topological polar surface area (TPSA) is 89.3 Å². The lowest BCUT2D eigenvalue weighted by molar-refractivity contribution is -0.126. The molecule has 2 saturated heterocycles. The normalized spacial score (nSPS) is 22.1. The molecule has 0 radical (unpaired) electrons. The molecule has 1 aromatic heterocycles. The lowest BCUT2D eigenvalue weighted by atomic mass is 9.94. The minimum Gasteiger partial charge on any atom is -0.465 e. The predicted octanol–water partition coefficient (Wildman–Crippen LogP) is 3.73. The van der Waals surface area contributed by atoms with Crippen LogP contribution >= 0.6 is 0 Å². The second kappa shape index (κ2) is 7.90. The first-order chi connectivity index (χ1) is 15.9. The van der Waals surface area contributed by atoms with Crippen molar-refractivity contribution in [2.75, 3.05) is 17.1 Å². The number of carbonyl (C=O) groups is 3. The zero-order valence-corrected chi connectivity index (χ0v) is 18.3. The van der Waals surface area contributed by atoms with Gasteiger partial charge in [0.2, 0.25) is 5.91 Å². The zero-order chi connectivity index (χ0) is 23.3. The Labute approximate surface area is 190 Å². The third-order valence-electron chi connectivity index (χ3n) is 6.07. The first kappa shape index (κ1) is 21.0. The maximum atomic E-state index is 13.6. The van der Waals surface area contributed by atoms with Crippen LogP contribution in [0, 0.1) is 19.8 Å². The van der Waals surface area contributed by atoms with E-state index in [2.05, 4.69) is 0 Å². The SMILES string of the molecule is COC(=O)c1ccc(N2C(=O)[C@@H]3[C@@H](ON(c4ccccc4C)[C@H]3c3ccc(C)o3)C2=O)cc1. The van der Waals surface area contributed by atoms with Gasteiger partial charge in [-0.3, -0.25) is 14.4 Å². The summed E-state index contributed by atoms with van der Waals surface area (Å²) in [7, 11) is 1.29. The van der Waals surface area contributed by atoms with Crippen molar-refractivity contribution in [3.63, 3.8) is 0 Å². The number of methoxy groups -OCH3 is 1. The summed E-state index contributed by atoms with van der Waals surface area (Å²) >= 11 is 0. The summed E-state index contributed by atoms with van der Waals surface area (Å²) in [5, 5.41) is 1.62. The van der Waals surface area contributed by atoms with Crippen LogP contribution in [0.4, 0.5) is 11.4 Å². The fourth-order valence-corrected chi connectivity index (χ4v) is 4.45. The van der Waals surface area contributed by atoms with Gasteiger partial charge in [0.1, 0.15) is 23.5 Å². The molecule has 0 aliphatic carbocycles. The van der Waals surface area contributed by atoms with Crippen molar-refractivity contribution in [1.29, 1.82) is 0 Å². The average molecular weight is 446 g/mol. The molecule has 3 atom stereocenters. The zero-order valence-electron chi connectivity index (χ0n) is 18.3. The molecule has 2 aromatic carbocycles. The average Bonchev–Trinajstić information content (AvgIpc) is 3.48. The highest BCUT2D eigenvalue weighted by Gasteiger charge is 2.61. The Hall–Kier alpha value is -3.91. The summed E-state index contributed by atoms with van der Waals surface area (Å²) in [4.78, 5) is 45.9. The summed E-state index contributed by atoms with van der Waals surface area (Å²) in [5.41, 5.74) is 2.40. The molecule has 2 amide bonds. The summed E-state index contributed by atoms with van der Waals surface area (Å²) in [5.74, 6) is -0.880. The van der Waals surface area contributed by atoms with Crippen molar-refractivity contribution in [1.82, 2.24) is 0 Å². The van der Waals surface area contributed by atoms with Gasteiger partial charge in [-0.05, 0) is 61.9 Å². The molecule has 3 heterocycles. The molecule has 0 bridgehead atoms. The molecule has 8 nitrogen and oxygen atoms in total. The Morgan fingerprint density at radius 3 is 2.30 bits per heavy atom. The lowest BCUT2D eigenvalue weighted by Gasteiger charge is -2.28. The Morgan fingerprint density at radius 2 is 1.67 bits per heavy atom. The molecule has 2 aliphatic rings. The summed E-state index contributed by atoms with van der Waals surface area (Å²) in [6.07, 6.45) is -0.993. The smallest absolute Gasteiger partial charge is 0.337 e. The van der Waals surface area contributed by atoms with Gasteiger partial charge in [-0.1, -0.05) is 18.2 Å². The number of benzene rings is 2. The van der Waals surface area contributed by atoms with Gasteiger partial charge in [-0.15, -0.1) is 0 Å². The van der Waals surface area contributed by atoms with Gasteiger partial charge in [0, 0.05) is 0 Å². The molecule has 33 heavy (non-hydrogen) atoms. The first-order valence-corrected chi connectivity index (χ1v) is 10.5. The van der Waals surface area contributed by atoms with Crippen molar-refractivity contribution < 1.29 is 28.4 Å². The minimum atomic E-state index is -0.993. The molecular formula is C25H22N2O6. The number of anilines is 2. The number of hydrogen-bond donors (Lipinski definition) is 0. The van der Waals surface area contributed by atoms with Crippen LogP contribution in [0.2, 0.25) is 0 Å². The van der Waals surface area contributed by atoms with Crippen molar-refractivity contribution >= 4 is 29.2 Å². The van der Waals surface area contributed by atoms with Crippen molar-refractivity contribution in [3.05, 3.63) is 83.3 Å². The van der Waals surface area contributed by atoms with Crippen LogP contribution in [0.25, 0.3) is 0 Å². The highest BCUT2D eigenvalue weighted by atomic mass is 16.7. The number of hydroxylamine groups is 1. The molecule has 2 fully saturated rings. The van der Waals surface area contributed by atoms with Gasteiger partial charge < -0.3 is 9.15 Å². The van der Waals surface area contributed by atoms with Gasteiger partial charge in [0.05, 0.1) is 24.0 Å². The summed E-state index contributed by atoms with van der Waals surface area (Å²) in [6.45, 7) is 3.77. The van der Waals surface area contributed by atoms with Crippen LogP contribution in [0.15, 0.2) is 65.1 Å². The third kappa shape index (κ3) is 3.30. The number of hydrogen-bond acceptors (Lipinski definition) is 7. The number of furan rings is 1. The van der Waals surface area contributed by atoms with E-state index in [1.54, 1.807) is 17.2 Å². The quantitative estimate of drug-likeness (QED) is 0.446. The molecule has 0 N–H and O–H groups in total. The van der Waals surface area contributed by atoms with Crippen molar-refractivity contribution in [2.24, 2.45) is 5.92 Å². The molecule has 0 spiro atoms. The van der Waals surface area contributed by atoms with E-state index in [9.17, 15) is 14.4 Å². The van der Waals surface area contributed by atoms with Gasteiger partial charge in [-0.2, -0.15) is 0 Å². The molecule has 3 aromatic rings. The fraction of sp³-hybridized carbons (Fsp3) is 0.240. The second-order valence-electron chi connectivity index (χ2n) is 8.11. The highest BCUT2D eigenvalue weighted by Crippen LogP contribution is 2.48. The Kier molecular flexibility index (Phi) is 5.02. The van der Waals surface area contributed by atoms with Gasteiger partial charge >= 0.3 is 5.97 Å². The van der Waals surface area contributed by atoms with E-state index in [1.165, 1.54) is 19.2 Å². The van der Waals surface area contributed by atoms with Gasteiger partial charge in [0.25, 0.3) is 5.91 Å². The summed E-state index contributed by atoms with van der Waals surface area (Å²) in [6, 6.07) is 16.8. The van der Waals surface area contributed by atoms with Crippen LogP contribution in [0.1, 0.15) is 33.5 Å². The predicted molar refractivity (Wildman–Crippen MR) is 118 cm³/mol. The number of nitrogens with zero attached hydrogens (tertiary/aromatic N) is 2. The molecule has 168 valence electrons. The third-order valence-corrected chi connectivity index (χ3v) is 6.07. The van der Waals surface area contributed by atoms with Crippen LogP contribution in [-0.4, -0.2) is 31.0 Å². The number of amides is 2. The van der Waals surface area contributed by atoms with Gasteiger partial charge in [-0.25, -0.2) is 14.8 Å². The molecular weight excluding hydrogens is 424 g/mol.